The fourth-order valence-electron chi connectivity index (χ4n) is 2.54. The fourth-order valence-corrected chi connectivity index (χ4v) is 2.54. The maximum absolute atomic E-state index is 12.1. The monoisotopic (exact) mass is 252 g/mol. The van der Waals surface area contributed by atoms with Gasteiger partial charge in [0.15, 0.2) is 5.78 Å². The van der Waals surface area contributed by atoms with Crippen molar-refractivity contribution in [1.82, 2.24) is 0 Å². The Balaban J connectivity index is 2.25. The van der Waals surface area contributed by atoms with Crippen LogP contribution in [0.2, 0.25) is 0 Å². The van der Waals surface area contributed by atoms with Crippen LogP contribution in [-0.2, 0) is 0 Å². The van der Waals surface area contributed by atoms with Crippen LogP contribution in [-0.4, -0.2) is 5.78 Å². The smallest absolute Gasteiger partial charge is 0.163 e. The minimum atomic E-state index is 0.197. The largest absolute Gasteiger partial charge is 0.456 e. The maximum atomic E-state index is 12.1. The van der Waals surface area contributed by atoms with E-state index in [2.05, 4.69) is 6.07 Å². The summed E-state index contributed by atoms with van der Waals surface area (Å²) >= 11 is 0. The van der Waals surface area contributed by atoms with Gasteiger partial charge in [0.1, 0.15) is 11.2 Å². The third kappa shape index (κ3) is 1.93. The first-order chi connectivity index (χ1) is 9.20. The first kappa shape index (κ1) is 12.0. The summed E-state index contributed by atoms with van der Waals surface area (Å²) in [5, 5.41) is 2.19. The van der Waals surface area contributed by atoms with Crippen LogP contribution >= 0.6 is 0 Å². The quantitative estimate of drug-likeness (QED) is 0.622. The average molecular weight is 252 g/mol. The van der Waals surface area contributed by atoms with Crippen molar-refractivity contribution in [3.8, 4) is 0 Å². The summed E-state index contributed by atoms with van der Waals surface area (Å²) in [6, 6.07) is 11.9. The number of ketones is 1. The molecule has 19 heavy (non-hydrogen) atoms. The van der Waals surface area contributed by atoms with E-state index in [1.54, 1.807) is 0 Å². The fraction of sp³-hybridized carbons (Fsp3) is 0.235. The molecule has 2 nitrogen and oxygen atoms in total. The topological polar surface area (TPSA) is 30.2 Å². The number of hydrogen-bond acceptors (Lipinski definition) is 2. The summed E-state index contributed by atoms with van der Waals surface area (Å²) in [5.74, 6) is 0.197. The molecule has 0 aliphatic heterocycles. The molecule has 3 rings (SSSR count). The van der Waals surface area contributed by atoms with Crippen LogP contribution in [0.1, 0.15) is 35.7 Å². The zero-order valence-corrected chi connectivity index (χ0v) is 11.2. The van der Waals surface area contributed by atoms with Gasteiger partial charge >= 0.3 is 0 Å². The lowest BCUT2D eigenvalue weighted by Gasteiger charge is -2.04. The van der Waals surface area contributed by atoms with E-state index in [1.165, 1.54) is 0 Å². The predicted molar refractivity (Wildman–Crippen MR) is 77.7 cm³/mol. The van der Waals surface area contributed by atoms with Gasteiger partial charge in [-0.3, -0.25) is 4.79 Å². The summed E-state index contributed by atoms with van der Waals surface area (Å²) in [6.07, 6.45) is 1.46. The minimum absolute atomic E-state index is 0.197. The zero-order chi connectivity index (χ0) is 13.4. The minimum Gasteiger partial charge on any atom is -0.456 e. The van der Waals surface area contributed by atoms with E-state index >= 15 is 0 Å². The second-order valence-electron chi connectivity index (χ2n) is 4.93. The van der Waals surface area contributed by atoms with Crippen LogP contribution in [0.5, 0.6) is 0 Å². The predicted octanol–water partition coefficient (Wildman–Crippen LogP) is 4.88. The molecule has 0 atom stereocenters. The highest BCUT2D eigenvalue weighted by molar-refractivity contribution is 6.08. The molecule has 0 radical (unpaired) electrons. The SMILES string of the molecule is CCCC(=O)c1cc2oc3ccccc3c2cc1C. The zero-order valence-electron chi connectivity index (χ0n) is 11.2. The van der Waals surface area contributed by atoms with E-state index in [0.717, 1.165) is 39.5 Å². The van der Waals surface area contributed by atoms with Gasteiger partial charge in [0.25, 0.3) is 0 Å². The second kappa shape index (κ2) is 4.54. The average Bonchev–Trinajstić information content (AvgIpc) is 2.76. The van der Waals surface area contributed by atoms with Crippen LogP contribution in [0.3, 0.4) is 0 Å². The number of furan rings is 1. The van der Waals surface area contributed by atoms with Crippen LogP contribution < -0.4 is 0 Å². The Bertz CT molecular complexity index is 765. The normalized spacial score (nSPS) is 11.3. The van der Waals surface area contributed by atoms with Crippen molar-refractivity contribution in [2.45, 2.75) is 26.7 Å². The van der Waals surface area contributed by atoms with Gasteiger partial charge in [0.2, 0.25) is 0 Å². The molecule has 3 aromatic rings. The van der Waals surface area contributed by atoms with Gasteiger partial charge in [-0.05, 0) is 37.1 Å². The van der Waals surface area contributed by atoms with Gasteiger partial charge in [-0.1, -0.05) is 25.1 Å². The summed E-state index contributed by atoms with van der Waals surface area (Å²) in [6.45, 7) is 4.01. The van der Waals surface area contributed by atoms with Crippen molar-refractivity contribution < 1.29 is 9.21 Å². The highest BCUT2D eigenvalue weighted by Crippen LogP contribution is 2.31. The molecule has 96 valence electrons. The van der Waals surface area contributed by atoms with E-state index in [0.29, 0.717) is 6.42 Å². The summed E-state index contributed by atoms with van der Waals surface area (Å²) in [4.78, 5) is 12.1. The first-order valence-electron chi connectivity index (χ1n) is 6.66. The Morgan fingerprint density at radius 3 is 2.68 bits per heavy atom. The molecule has 1 aromatic heterocycles. The lowest BCUT2D eigenvalue weighted by Crippen LogP contribution is -2.00. The molecule has 0 bridgehead atoms. The molecule has 1 heterocycles. The van der Waals surface area contributed by atoms with Gasteiger partial charge in [0.05, 0.1) is 0 Å². The Hall–Kier alpha value is -2.09. The molecule has 0 unspecified atom stereocenters. The number of aryl methyl sites for hydroxylation is 1. The molecule has 0 N–H and O–H groups in total. The number of benzene rings is 2. The Kier molecular flexibility index (Phi) is 2.86. The van der Waals surface area contributed by atoms with E-state index < -0.39 is 0 Å². The molecule has 0 spiro atoms. The summed E-state index contributed by atoms with van der Waals surface area (Å²) in [5.41, 5.74) is 3.48. The Labute approximate surface area is 112 Å². The van der Waals surface area contributed by atoms with Crippen LogP contribution in [0.25, 0.3) is 21.9 Å². The van der Waals surface area contributed by atoms with Gasteiger partial charge in [-0.2, -0.15) is 0 Å². The molecule has 0 aliphatic carbocycles. The van der Waals surface area contributed by atoms with Crippen LogP contribution in [0.15, 0.2) is 40.8 Å². The third-order valence-corrected chi connectivity index (χ3v) is 3.50. The molecule has 0 saturated carbocycles. The number of carbonyl (C=O) groups is 1. The summed E-state index contributed by atoms with van der Waals surface area (Å²) in [7, 11) is 0. The first-order valence-corrected chi connectivity index (χ1v) is 6.66. The van der Waals surface area contributed by atoms with Crippen molar-refractivity contribution in [3.05, 3.63) is 47.5 Å². The number of Topliss-reactive ketones (excluding diaryl/α,β-unsaturated/α-hetero) is 1. The lowest BCUT2D eigenvalue weighted by atomic mass is 9.99. The number of para-hydroxylation sites is 1. The van der Waals surface area contributed by atoms with E-state index in [9.17, 15) is 4.79 Å². The summed E-state index contributed by atoms with van der Waals surface area (Å²) < 4.78 is 5.82. The van der Waals surface area contributed by atoms with Crippen molar-refractivity contribution in [1.29, 1.82) is 0 Å². The molecule has 2 heteroatoms. The number of rotatable bonds is 3. The van der Waals surface area contributed by atoms with Crippen molar-refractivity contribution in [3.63, 3.8) is 0 Å². The number of fused-ring (bicyclic) bond motifs is 3. The Morgan fingerprint density at radius 2 is 1.89 bits per heavy atom. The van der Waals surface area contributed by atoms with Crippen molar-refractivity contribution >= 4 is 27.7 Å². The van der Waals surface area contributed by atoms with Gasteiger partial charge in [-0.25, -0.2) is 0 Å². The van der Waals surface area contributed by atoms with Crippen molar-refractivity contribution in [2.75, 3.05) is 0 Å². The highest BCUT2D eigenvalue weighted by Gasteiger charge is 2.13. The molecular formula is C17H16O2. The van der Waals surface area contributed by atoms with Gasteiger partial charge < -0.3 is 4.42 Å². The molecule has 0 saturated heterocycles. The van der Waals surface area contributed by atoms with E-state index in [-0.39, 0.29) is 5.78 Å². The molecule has 0 fully saturated rings. The van der Waals surface area contributed by atoms with Crippen LogP contribution in [0, 0.1) is 6.92 Å². The second-order valence-corrected chi connectivity index (χ2v) is 4.93. The number of hydrogen-bond donors (Lipinski definition) is 0. The highest BCUT2D eigenvalue weighted by atomic mass is 16.3. The molecule has 0 amide bonds. The molecular weight excluding hydrogens is 236 g/mol. The number of carbonyl (C=O) groups excluding carboxylic acids is 1. The standard InChI is InChI=1S/C17H16O2/c1-3-6-15(18)13-10-17-14(9-11(13)2)12-7-4-5-8-16(12)19-17/h4-5,7-10H,3,6H2,1-2H3. The van der Waals surface area contributed by atoms with E-state index in [4.69, 9.17) is 4.42 Å². The van der Waals surface area contributed by atoms with Crippen molar-refractivity contribution in [2.24, 2.45) is 0 Å². The van der Waals surface area contributed by atoms with Crippen LogP contribution in [0.4, 0.5) is 0 Å². The Morgan fingerprint density at radius 1 is 1.11 bits per heavy atom. The van der Waals surface area contributed by atoms with Gasteiger partial charge in [0, 0.05) is 22.8 Å². The van der Waals surface area contributed by atoms with E-state index in [1.807, 2.05) is 44.2 Å². The lowest BCUT2D eigenvalue weighted by molar-refractivity contribution is 0.0981. The molecule has 2 aromatic carbocycles. The third-order valence-electron chi connectivity index (χ3n) is 3.50. The van der Waals surface area contributed by atoms with Gasteiger partial charge in [-0.15, -0.1) is 0 Å². The molecule has 0 aliphatic rings. The maximum Gasteiger partial charge on any atom is 0.163 e.